The summed E-state index contributed by atoms with van der Waals surface area (Å²) >= 11 is 5.80. The Hall–Kier alpha value is -1.79. The van der Waals surface area contributed by atoms with Gasteiger partial charge in [0.1, 0.15) is 5.75 Å². The van der Waals surface area contributed by atoms with Gasteiger partial charge in [-0.25, -0.2) is 4.79 Å². The van der Waals surface area contributed by atoms with E-state index in [-0.39, 0.29) is 13.2 Å². The molecule has 1 unspecified atom stereocenters. The molecule has 0 heterocycles. The van der Waals surface area contributed by atoms with E-state index in [1.165, 1.54) is 0 Å². The number of hydrogen-bond acceptors (Lipinski definition) is 4. The molecule has 0 aromatic heterocycles. The predicted molar refractivity (Wildman–Crippen MR) is 63.6 cm³/mol. The molecule has 18 heavy (non-hydrogen) atoms. The largest absolute Gasteiger partial charge is 0.482 e. The molecular formula is C11H12ClNO5. The molecule has 1 amide bonds. The van der Waals surface area contributed by atoms with Gasteiger partial charge in [-0.3, -0.25) is 4.79 Å². The van der Waals surface area contributed by atoms with Crippen molar-refractivity contribution < 1.29 is 24.5 Å². The number of benzene rings is 1. The summed E-state index contributed by atoms with van der Waals surface area (Å²) in [4.78, 5) is 21.6. The highest BCUT2D eigenvalue weighted by Crippen LogP contribution is 2.22. The van der Waals surface area contributed by atoms with Crippen LogP contribution in [0.4, 0.5) is 0 Å². The molecule has 0 spiro atoms. The third-order valence-corrected chi connectivity index (χ3v) is 2.29. The number of aliphatic carboxylic acids is 1. The molecule has 1 rings (SSSR count). The summed E-state index contributed by atoms with van der Waals surface area (Å²) in [6.07, 6.45) is -1.63. The lowest BCUT2D eigenvalue weighted by molar-refractivity contribution is -0.146. The summed E-state index contributed by atoms with van der Waals surface area (Å²) in [6.45, 7) is -0.684. The van der Waals surface area contributed by atoms with Gasteiger partial charge >= 0.3 is 5.97 Å². The number of rotatable bonds is 6. The highest BCUT2D eigenvalue weighted by molar-refractivity contribution is 6.32. The van der Waals surface area contributed by atoms with Crippen LogP contribution in [0.5, 0.6) is 5.75 Å². The molecule has 1 atom stereocenters. The van der Waals surface area contributed by atoms with Crippen LogP contribution < -0.4 is 10.1 Å². The maximum atomic E-state index is 11.3. The van der Waals surface area contributed by atoms with Gasteiger partial charge < -0.3 is 20.3 Å². The minimum atomic E-state index is -1.63. The Morgan fingerprint density at radius 3 is 2.67 bits per heavy atom. The molecule has 7 heteroatoms. The Bertz CT molecular complexity index is 437. The normalized spacial score (nSPS) is 11.7. The zero-order valence-electron chi connectivity index (χ0n) is 9.30. The molecule has 1 aromatic rings. The van der Waals surface area contributed by atoms with E-state index in [9.17, 15) is 9.59 Å². The summed E-state index contributed by atoms with van der Waals surface area (Å²) in [5.74, 6) is -1.59. The number of hydrogen-bond donors (Lipinski definition) is 3. The fraction of sp³-hybridized carbons (Fsp3) is 0.273. The van der Waals surface area contributed by atoms with Gasteiger partial charge in [-0.15, -0.1) is 0 Å². The zero-order valence-corrected chi connectivity index (χ0v) is 10.1. The molecular weight excluding hydrogens is 262 g/mol. The SMILES string of the molecule is O=C(COc1ccccc1Cl)NCC(O)C(=O)O. The van der Waals surface area contributed by atoms with E-state index in [0.29, 0.717) is 10.8 Å². The molecule has 0 radical (unpaired) electrons. The maximum Gasteiger partial charge on any atom is 0.334 e. The molecule has 0 saturated heterocycles. The number of amides is 1. The molecule has 0 aliphatic rings. The van der Waals surface area contributed by atoms with Crippen molar-refractivity contribution in [1.29, 1.82) is 0 Å². The van der Waals surface area contributed by atoms with Crippen LogP contribution in [0.15, 0.2) is 24.3 Å². The van der Waals surface area contributed by atoms with E-state index in [1.807, 2.05) is 0 Å². The van der Waals surface area contributed by atoms with Crippen molar-refractivity contribution in [1.82, 2.24) is 5.32 Å². The Morgan fingerprint density at radius 1 is 1.39 bits per heavy atom. The first-order valence-corrected chi connectivity index (χ1v) is 5.43. The number of carbonyl (C=O) groups excluding carboxylic acids is 1. The standard InChI is InChI=1S/C11H12ClNO5/c12-7-3-1-2-4-9(7)18-6-10(15)13-5-8(14)11(16)17/h1-4,8,14H,5-6H2,(H,13,15)(H,16,17). The molecule has 0 aliphatic heterocycles. The zero-order chi connectivity index (χ0) is 13.5. The van der Waals surface area contributed by atoms with Gasteiger partial charge in [0.25, 0.3) is 5.91 Å². The van der Waals surface area contributed by atoms with Crippen molar-refractivity contribution in [2.24, 2.45) is 0 Å². The van der Waals surface area contributed by atoms with Crippen molar-refractivity contribution in [3.05, 3.63) is 29.3 Å². The molecule has 1 aromatic carbocycles. The Kier molecular flexibility index (Phi) is 5.41. The van der Waals surface area contributed by atoms with E-state index in [0.717, 1.165) is 0 Å². The third kappa shape index (κ3) is 4.60. The van der Waals surface area contributed by atoms with Crippen LogP contribution in [-0.2, 0) is 9.59 Å². The fourth-order valence-corrected chi connectivity index (χ4v) is 1.24. The topological polar surface area (TPSA) is 95.9 Å². The van der Waals surface area contributed by atoms with Crippen molar-refractivity contribution >= 4 is 23.5 Å². The first kappa shape index (κ1) is 14.3. The number of halogens is 1. The average Bonchev–Trinajstić information content (AvgIpc) is 2.34. The quantitative estimate of drug-likeness (QED) is 0.692. The second-order valence-electron chi connectivity index (χ2n) is 3.38. The van der Waals surface area contributed by atoms with E-state index in [4.69, 9.17) is 26.6 Å². The molecule has 0 aliphatic carbocycles. The number of ether oxygens (including phenoxy) is 1. The van der Waals surface area contributed by atoms with E-state index in [1.54, 1.807) is 24.3 Å². The smallest absolute Gasteiger partial charge is 0.334 e. The summed E-state index contributed by atoms with van der Waals surface area (Å²) in [7, 11) is 0. The van der Waals surface area contributed by atoms with E-state index < -0.39 is 18.0 Å². The fourth-order valence-electron chi connectivity index (χ4n) is 1.05. The number of para-hydroxylation sites is 1. The van der Waals surface area contributed by atoms with Crippen molar-refractivity contribution in [2.45, 2.75) is 6.10 Å². The van der Waals surface area contributed by atoms with Crippen LogP contribution in [0.3, 0.4) is 0 Å². The maximum absolute atomic E-state index is 11.3. The van der Waals surface area contributed by atoms with Crippen molar-refractivity contribution in [3.63, 3.8) is 0 Å². The Morgan fingerprint density at radius 2 is 2.06 bits per heavy atom. The van der Waals surface area contributed by atoms with Gasteiger partial charge in [-0.1, -0.05) is 23.7 Å². The van der Waals surface area contributed by atoms with Gasteiger partial charge in [0.15, 0.2) is 12.7 Å². The highest BCUT2D eigenvalue weighted by Gasteiger charge is 2.14. The minimum absolute atomic E-state index is 0.309. The molecule has 0 bridgehead atoms. The van der Waals surface area contributed by atoms with Gasteiger partial charge in [0.2, 0.25) is 0 Å². The number of carboxylic acids is 1. The molecule has 6 nitrogen and oxygen atoms in total. The summed E-state index contributed by atoms with van der Waals surface area (Å²) in [5.41, 5.74) is 0. The summed E-state index contributed by atoms with van der Waals surface area (Å²) < 4.78 is 5.12. The lowest BCUT2D eigenvalue weighted by Crippen LogP contribution is -2.38. The van der Waals surface area contributed by atoms with E-state index in [2.05, 4.69) is 5.32 Å². The monoisotopic (exact) mass is 273 g/mol. The molecule has 98 valence electrons. The lowest BCUT2D eigenvalue weighted by Gasteiger charge is -2.09. The number of nitrogens with one attached hydrogen (secondary N) is 1. The number of aliphatic hydroxyl groups is 1. The minimum Gasteiger partial charge on any atom is -0.482 e. The van der Waals surface area contributed by atoms with Gasteiger partial charge in [-0.05, 0) is 12.1 Å². The highest BCUT2D eigenvalue weighted by atomic mass is 35.5. The van der Waals surface area contributed by atoms with Gasteiger partial charge in [-0.2, -0.15) is 0 Å². The molecule has 0 fully saturated rings. The first-order valence-electron chi connectivity index (χ1n) is 5.05. The van der Waals surface area contributed by atoms with Crippen LogP contribution in [0.2, 0.25) is 5.02 Å². The lowest BCUT2D eigenvalue weighted by atomic mass is 10.3. The second-order valence-corrected chi connectivity index (χ2v) is 3.78. The number of carbonyl (C=O) groups is 2. The molecule has 3 N–H and O–H groups in total. The van der Waals surface area contributed by atoms with E-state index >= 15 is 0 Å². The van der Waals surface area contributed by atoms with Crippen LogP contribution in [-0.4, -0.2) is 41.3 Å². The Balaban J connectivity index is 2.34. The van der Waals surface area contributed by atoms with Gasteiger partial charge in [0, 0.05) is 0 Å². The Labute approximate surface area is 108 Å². The van der Waals surface area contributed by atoms with Crippen molar-refractivity contribution in [3.8, 4) is 5.75 Å². The van der Waals surface area contributed by atoms with Crippen molar-refractivity contribution in [2.75, 3.05) is 13.2 Å². The van der Waals surface area contributed by atoms with Crippen LogP contribution >= 0.6 is 11.6 Å². The van der Waals surface area contributed by atoms with Crippen LogP contribution in [0.25, 0.3) is 0 Å². The van der Waals surface area contributed by atoms with Gasteiger partial charge in [0.05, 0.1) is 11.6 Å². The number of aliphatic hydroxyl groups excluding tert-OH is 1. The molecule has 0 saturated carbocycles. The average molecular weight is 274 g/mol. The second kappa shape index (κ2) is 6.83. The van der Waals surface area contributed by atoms with Crippen LogP contribution in [0.1, 0.15) is 0 Å². The summed E-state index contributed by atoms with van der Waals surface area (Å²) in [5, 5.41) is 19.9. The van der Waals surface area contributed by atoms with Crippen LogP contribution in [0, 0.1) is 0 Å². The summed E-state index contributed by atoms with van der Waals surface area (Å²) in [6, 6.07) is 6.64. The number of carboxylic acid groups (broad SMARTS) is 1. The third-order valence-electron chi connectivity index (χ3n) is 1.97. The first-order chi connectivity index (χ1) is 8.50. The predicted octanol–water partition coefficient (Wildman–Crippen LogP) is 0.280.